The summed E-state index contributed by atoms with van der Waals surface area (Å²) in [7, 11) is 0. The first-order valence-corrected chi connectivity index (χ1v) is 6.20. The van der Waals surface area contributed by atoms with Gasteiger partial charge in [-0.3, -0.25) is 4.79 Å². The standard InChI is InChI=1S/C12H17N3O4/c1-8-14-12(19-15-8)7-18-10-5-3-2-4-9(10)17-6-11(13)16/h2-7H2,1H3,(H2,13,16). The number of ether oxygens (including phenoxy) is 2. The number of carbonyl (C=O) groups is 1. The lowest BCUT2D eigenvalue weighted by Crippen LogP contribution is -2.19. The third-order valence-electron chi connectivity index (χ3n) is 2.70. The molecular formula is C12H17N3O4. The van der Waals surface area contributed by atoms with Gasteiger partial charge in [-0.15, -0.1) is 0 Å². The van der Waals surface area contributed by atoms with Crippen LogP contribution in [0.1, 0.15) is 37.4 Å². The number of nitrogens with zero attached hydrogens (tertiary/aromatic N) is 2. The predicted molar refractivity (Wildman–Crippen MR) is 64.5 cm³/mol. The highest BCUT2D eigenvalue weighted by Crippen LogP contribution is 2.27. The summed E-state index contributed by atoms with van der Waals surface area (Å²) in [5.41, 5.74) is 5.06. The molecule has 0 unspecified atom stereocenters. The van der Waals surface area contributed by atoms with Crippen molar-refractivity contribution in [3.8, 4) is 0 Å². The fourth-order valence-electron chi connectivity index (χ4n) is 1.86. The van der Waals surface area contributed by atoms with Crippen molar-refractivity contribution >= 4 is 5.91 Å². The molecule has 2 rings (SSSR count). The van der Waals surface area contributed by atoms with Crippen LogP contribution in [0.2, 0.25) is 0 Å². The first-order valence-electron chi connectivity index (χ1n) is 6.20. The highest BCUT2D eigenvalue weighted by Gasteiger charge is 2.17. The molecule has 0 aromatic carbocycles. The van der Waals surface area contributed by atoms with Gasteiger partial charge in [-0.2, -0.15) is 4.98 Å². The van der Waals surface area contributed by atoms with E-state index in [1.807, 2.05) is 0 Å². The van der Waals surface area contributed by atoms with Gasteiger partial charge in [0.1, 0.15) is 11.5 Å². The summed E-state index contributed by atoms with van der Waals surface area (Å²) in [4.78, 5) is 14.8. The van der Waals surface area contributed by atoms with Gasteiger partial charge in [-0.25, -0.2) is 0 Å². The molecule has 0 radical (unpaired) electrons. The van der Waals surface area contributed by atoms with Crippen LogP contribution in [0.15, 0.2) is 16.0 Å². The first-order chi connectivity index (χ1) is 9.15. The number of allylic oxidation sites excluding steroid dienone is 2. The largest absolute Gasteiger partial charge is 0.485 e. The van der Waals surface area contributed by atoms with Crippen LogP contribution in [0.4, 0.5) is 0 Å². The minimum absolute atomic E-state index is 0.123. The fourth-order valence-corrected chi connectivity index (χ4v) is 1.86. The SMILES string of the molecule is Cc1noc(COC2=C(OCC(N)=O)CCCC2)n1. The molecule has 2 N–H and O–H groups in total. The van der Waals surface area contributed by atoms with E-state index in [0.29, 0.717) is 17.5 Å². The monoisotopic (exact) mass is 267 g/mol. The lowest BCUT2D eigenvalue weighted by Gasteiger charge is -2.19. The van der Waals surface area contributed by atoms with Crippen molar-refractivity contribution in [2.75, 3.05) is 6.61 Å². The van der Waals surface area contributed by atoms with Crippen molar-refractivity contribution in [3.05, 3.63) is 23.2 Å². The average Bonchev–Trinajstić information content (AvgIpc) is 2.80. The van der Waals surface area contributed by atoms with Crippen LogP contribution in [-0.2, 0) is 20.9 Å². The molecule has 0 bridgehead atoms. The third-order valence-corrected chi connectivity index (χ3v) is 2.70. The normalized spacial score (nSPS) is 15.4. The predicted octanol–water partition coefficient (Wildman–Crippen LogP) is 1.18. The molecule has 0 fully saturated rings. The first kappa shape index (κ1) is 13.4. The molecule has 7 heteroatoms. The van der Waals surface area contributed by atoms with Crippen LogP contribution in [0.25, 0.3) is 0 Å². The zero-order valence-electron chi connectivity index (χ0n) is 10.8. The quantitative estimate of drug-likeness (QED) is 0.830. The molecule has 1 aromatic rings. The van der Waals surface area contributed by atoms with Gasteiger partial charge in [0.2, 0.25) is 0 Å². The Morgan fingerprint density at radius 1 is 1.32 bits per heavy atom. The van der Waals surface area contributed by atoms with Crippen molar-refractivity contribution in [1.82, 2.24) is 10.1 Å². The van der Waals surface area contributed by atoms with Gasteiger partial charge in [0.05, 0.1) is 0 Å². The Bertz CT molecular complexity index is 481. The van der Waals surface area contributed by atoms with Crippen LogP contribution >= 0.6 is 0 Å². The van der Waals surface area contributed by atoms with Gasteiger partial charge >= 0.3 is 0 Å². The molecule has 0 aliphatic heterocycles. The number of nitrogens with two attached hydrogens (primary N) is 1. The molecule has 0 spiro atoms. The molecule has 1 amide bonds. The Morgan fingerprint density at radius 2 is 2.00 bits per heavy atom. The van der Waals surface area contributed by atoms with Crippen molar-refractivity contribution in [1.29, 1.82) is 0 Å². The molecule has 1 aliphatic rings. The summed E-state index contributed by atoms with van der Waals surface area (Å²) >= 11 is 0. The minimum atomic E-state index is -0.495. The second kappa shape index (κ2) is 6.21. The topological polar surface area (TPSA) is 100 Å². The number of carbonyl (C=O) groups excluding carboxylic acids is 1. The Hall–Kier alpha value is -2.05. The zero-order chi connectivity index (χ0) is 13.7. The summed E-state index contributed by atoms with van der Waals surface area (Å²) in [5, 5.41) is 3.68. The number of hydrogen-bond donors (Lipinski definition) is 1. The molecule has 0 saturated heterocycles. The summed E-state index contributed by atoms with van der Waals surface area (Å²) in [6.07, 6.45) is 3.58. The summed E-state index contributed by atoms with van der Waals surface area (Å²) in [5.74, 6) is 1.93. The van der Waals surface area contributed by atoms with Gasteiger partial charge in [-0.05, 0) is 19.8 Å². The molecule has 1 heterocycles. The molecule has 0 atom stereocenters. The summed E-state index contributed by atoms with van der Waals surface area (Å²) in [6.45, 7) is 1.83. The van der Waals surface area contributed by atoms with E-state index in [9.17, 15) is 4.79 Å². The third kappa shape index (κ3) is 3.97. The number of rotatable bonds is 6. The number of primary amides is 1. The molecule has 104 valence electrons. The van der Waals surface area contributed by atoms with Crippen molar-refractivity contribution < 1.29 is 18.8 Å². The van der Waals surface area contributed by atoms with Crippen LogP contribution in [-0.4, -0.2) is 22.7 Å². The number of aryl methyl sites for hydroxylation is 1. The van der Waals surface area contributed by atoms with E-state index < -0.39 is 5.91 Å². The van der Waals surface area contributed by atoms with Gasteiger partial charge < -0.3 is 19.7 Å². The lowest BCUT2D eigenvalue weighted by atomic mass is 10.0. The zero-order valence-corrected chi connectivity index (χ0v) is 10.8. The second-order valence-electron chi connectivity index (χ2n) is 4.33. The van der Waals surface area contributed by atoms with E-state index in [1.165, 1.54) is 0 Å². The smallest absolute Gasteiger partial charge is 0.264 e. The maximum Gasteiger partial charge on any atom is 0.264 e. The Kier molecular flexibility index (Phi) is 4.38. The Balaban J connectivity index is 1.95. The molecular weight excluding hydrogens is 250 g/mol. The van der Waals surface area contributed by atoms with E-state index >= 15 is 0 Å². The van der Waals surface area contributed by atoms with Crippen LogP contribution in [0.3, 0.4) is 0 Å². The van der Waals surface area contributed by atoms with Gasteiger partial charge in [0.25, 0.3) is 11.8 Å². The average molecular weight is 267 g/mol. The lowest BCUT2D eigenvalue weighted by molar-refractivity contribution is -0.121. The van der Waals surface area contributed by atoms with Crippen LogP contribution in [0, 0.1) is 6.92 Å². The van der Waals surface area contributed by atoms with Crippen LogP contribution < -0.4 is 5.73 Å². The summed E-state index contributed by atoms with van der Waals surface area (Å²) < 4.78 is 16.0. The van der Waals surface area contributed by atoms with Gasteiger partial charge in [0, 0.05) is 12.8 Å². The van der Waals surface area contributed by atoms with Crippen molar-refractivity contribution in [2.45, 2.75) is 39.2 Å². The molecule has 1 aliphatic carbocycles. The van der Waals surface area contributed by atoms with Crippen molar-refractivity contribution in [3.63, 3.8) is 0 Å². The maximum absolute atomic E-state index is 10.7. The highest BCUT2D eigenvalue weighted by molar-refractivity contribution is 5.75. The van der Waals surface area contributed by atoms with E-state index in [-0.39, 0.29) is 13.2 Å². The molecule has 1 aromatic heterocycles. The van der Waals surface area contributed by atoms with Crippen molar-refractivity contribution in [2.24, 2.45) is 5.73 Å². The fraction of sp³-hybridized carbons (Fsp3) is 0.583. The minimum Gasteiger partial charge on any atom is -0.485 e. The Labute approximate surface area is 110 Å². The Morgan fingerprint density at radius 3 is 2.58 bits per heavy atom. The van der Waals surface area contributed by atoms with E-state index in [1.54, 1.807) is 6.92 Å². The van der Waals surface area contributed by atoms with Crippen LogP contribution in [0.5, 0.6) is 0 Å². The molecule has 19 heavy (non-hydrogen) atoms. The molecule has 0 saturated carbocycles. The molecule has 7 nitrogen and oxygen atoms in total. The van der Waals surface area contributed by atoms with E-state index in [0.717, 1.165) is 31.4 Å². The summed E-state index contributed by atoms with van der Waals surface area (Å²) in [6, 6.07) is 0. The number of hydrogen-bond acceptors (Lipinski definition) is 6. The van der Waals surface area contributed by atoms with Gasteiger partial charge in [-0.1, -0.05) is 5.16 Å². The number of aromatic nitrogens is 2. The van der Waals surface area contributed by atoms with E-state index in [4.69, 9.17) is 19.7 Å². The maximum atomic E-state index is 10.7. The van der Waals surface area contributed by atoms with E-state index in [2.05, 4.69) is 10.1 Å². The second-order valence-corrected chi connectivity index (χ2v) is 4.33. The highest BCUT2D eigenvalue weighted by atomic mass is 16.5. The number of amides is 1. The van der Waals surface area contributed by atoms with Gasteiger partial charge in [0.15, 0.2) is 19.0 Å².